The molecule has 2 rings (SSSR count). The van der Waals surface area contributed by atoms with Gasteiger partial charge >= 0.3 is 0 Å². The lowest BCUT2D eigenvalue weighted by Crippen LogP contribution is -2.21. The third kappa shape index (κ3) is 2.88. The van der Waals surface area contributed by atoms with E-state index in [4.69, 9.17) is 0 Å². The topological polar surface area (TPSA) is 30.0 Å². The molecule has 1 aliphatic carbocycles. The maximum absolute atomic E-state index is 11.7. The summed E-state index contributed by atoms with van der Waals surface area (Å²) in [4.78, 5) is 15.8. The van der Waals surface area contributed by atoms with Crippen LogP contribution in [0.1, 0.15) is 31.2 Å². The molecule has 1 atom stereocenters. The van der Waals surface area contributed by atoms with E-state index in [-0.39, 0.29) is 5.92 Å². The maximum Gasteiger partial charge on any atom is 0.136 e. The smallest absolute Gasteiger partial charge is 0.136 e. The summed E-state index contributed by atoms with van der Waals surface area (Å²) in [6, 6.07) is 2.05. The monoisotopic (exact) mass is 267 g/mol. The van der Waals surface area contributed by atoms with Crippen LogP contribution in [0.4, 0.5) is 0 Å². The highest BCUT2D eigenvalue weighted by Gasteiger charge is 2.22. The highest BCUT2D eigenvalue weighted by molar-refractivity contribution is 9.10. The minimum absolute atomic E-state index is 0.231. The van der Waals surface area contributed by atoms with Gasteiger partial charge in [-0.3, -0.25) is 9.78 Å². The Kier molecular flexibility index (Phi) is 3.52. The van der Waals surface area contributed by atoms with Crippen molar-refractivity contribution in [2.45, 2.75) is 32.1 Å². The van der Waals surface area contributed by atoms with Crippen molar-refractivity contribution in [3.63, 3.8) is 0 Å². The fourth-order valence-electron chi connectivity index (χ4n) is 2.12. The molecular weight excluding hydrogens is 254 g/mol. The lowest BCUT2D eigenvalue weighted by Gasteiger charge is -2.20. The molecule has 3 heteroatoms. The van der Waals surface area contributed by atoms with E-state index in [1.165, 1.54) is 6.42 Å². The Morgan fingerprint density at radius 1 is 1.40 bits per heavy atom. The summed E-state index contributed by atoms with van der Waals surface area (Å²) in [5.41, 5.74) is 1.16. The fraction of sp³-hybridized carbons (Fsp3) is 0.500. The van der Waals surface area contributed by atoms with E-state index in [9.17, 15) is 4.79 Å². The lowest BCUT2D eigenvalue weighted by atomic mass is 9.84. The van der Waals surface area contributed by atoms with Gasteiger partial charge in [-0.2, -0.15) is 0 Å². The molecule has 0 radical (unpaired) electrons. The first kappa shape index (κ1) is 10.8. The number of carbonyl (C=O) groups is 1. The van der Waals surface area contributed by atoms with Crippen molar-refractivity contribution in [3.8, 4) is 0 Å². The Balaban J connectivity index is 2.04. The number of nitrogens with zero attached hydrogens (tertiary/aromatic N) is 1. The minimum Gasteiger partial charge on any atom is -0.299 e. The number of hydrogen-bond donors (Lipinski definition) is 0. The Morgan fingerprint density at radius 3 is 3.00 bits per heavy atom. The molecule has 1 saturated carbocycles. The summed E-state index contributed by atoms with van der Waals surface area (Å²) >= 11 is 3.39. The summed E-state index contributed by atoms with van der Waals surface area (Å²) in [6.45, 7) is 0. The quantitative estimate of drug-likeness (QED) is 0.824. The Hall–Kier alpha value is -0.700. The van der Waals surface area contributed by atoms with Gasteiger partial charge in [-0.25, -0.2) is 0 Å². The average Bonchev–Trinajstić information content (AvgIpc) is 2.22. The van der Waals surface area contributed by atoms with Gasteiger partial charge in [0.05, 0.1) is 0 Å². The molecule has 0 amide bonds. The number of halogens is 1. The molecule has 1 aliphatic rings. The van der Waals surface area contributed by atoms with E-state index in [2.05, 4.69) is 27.0 Å². The van der Waals surface area contributed by atoms with Crippen molar-refractivity contribution in [2.24, 2.45) is 5.92 Å². The van der Waals surface area contributed by atoms with E-state index in [1.54, 1.807) is 6.20 Å². The highest BCUT2D eigenvalue weighted by atomic mass is 79.9. The van der Waals surface area contributed by atoms with Crippen LogP contribution in [-0.2, 0) is 11.2 Å². The van der Waals surface area contributed by atoms with Crippen molar-refractivity contribution in [1.29, 1.82) is 0 Å². The van der Waals surface area contributed by atoms with Gasteiger partial charge in [0, 0.05) is 29.2 Å². The number of hydrogen-bond acceptors (Lipinski definition) is 2. The van der Waals surface area contributed by atoms with Crippen LogP contribution < -0.4 is 0 Å². The predicted molar refractivity (Wildman–Crippen MR) is 62.6 cm³/mol. The normalized spacial score (nSPS) is 21.7. The van der Waals surface area contributed by atoms with Gasteiger partial charge in [-0.1, -0.05) is 6.42 Å². The zero-order chi connectivity index (χ0) is 10.7. The zero-order valence-corrected chi connectivity index (χ0v) is 10.2. The second-order valence-corrected chi connectivity index (χ2v) is 5.04. The summed E-state index contributed by atoms with van der Waals surface area (Å²) < 4.78 is 0.989. The molecule has 0 saturated heterocycles. The first-order valence-electron chi connectivity index (χ1n) is 5.38. The lowest BCUT2D eigenvalue weighted by molar-refractivity contribution is -0.124. The van der Waals surface area contributed by atoms with Gasteiger partial charge in [0.25, 0.3) is 0 Å². The molecule has 0 bridgehead atoms. The van der Waals surface area contributed by atoms with E-state index in [1.807, 2.05) is 6.20 Å². The predicted octanol–water partition coefficient (Wildman–Crippen LogP) is 3.15. The van der Waals surface area contributed by atoms with E-state index < -0.39 is 0 Å². The zero-order valence-electron chi connectivity index (χ0n) is 8.58. The first-order chi connectivity index (χ1) is 7.25. The molecule has 15 heavy (non-hydrogen) atoms. The molecule has 1 aromatic rings. The molecule has 0 aliphatic heterocycles. The fourth-order valence-corrected chi connectivity index (χ4v) is 2.54. The van der Waals surface area contributed by atoms with Gasteiger partial charge < -0.3 is 0 Å². The van der Waals surface area contributed by atoms with Gasteiger partial charge in [-0.15, -0.1) is 0 Å². The Bertz CT molecular complexity index is 364. The van der Waals surface area contributed by atoms with Crippen LogP contribution in [0.25, 0.3) is 0 Å². The SMILES string of the molecule is O=C1CCCCC1Cc1cncc(Br)c1. The van der Waals surface area contributed by atoms with Crippen molar-refractivity contribution < 1.29 is 4.79 Å². The van der Waals surface area contributed by atoms with Crippen LogP contribution in [-0.4, -0.2) is 10.8 Å². The molecule has 1 heterocycles. The van der Waals surface area contributed by atoms with Crippen LogP contribution in [0.15, 0.2) is 22.9 Å². The number of rotatable bonds is 2. The number of ketones is 1. The molecule has 1 fully saturated rings. The highest BCUT2D eigenvalue weighted by Crippen LogP contribution is 2.24. The molecular formula is C12H14BrNO. The average molecular weight is 268 g/mol. The van der Waals surface area contributed by atoms with Gasteiger partial charge in [-0.05, 0) is 46.8 Å². The third-order valence-electron chi connectivity index (χ3n) is 2.92. The Morgan fingerprint density at radius 2 is 2.27 bits per heavy atom. The molecule has 0 spiro atoms. The standard InChI is InChI=1S/C12H14BrNO/c13-11-6-9(7-14-8-11)5-10-3-1-2-4-12(10)15/h6-8,10H,1-5H2. The second-order valence-electron chi connectivity index (χ2n) is 4.12. The first-order valence-corrected chi connectivity index (χ1v) is 6.17. The van der Waals surface area contributed by atoms with E-state index in [0.717, 1.165) is 35.7 Å². The summed E-state index contributed by atoms with van der Waals surface area (Å²) in [6.07, 6.45) is 8.56. The largest absolute Gasteiger partial charge is 0.299 e. The Labute approximate surface area is 98.2 Å². The van der Waals surface area contributed by atoms with Crippen LogP contribution in [0.3, 0.4) is 0 Å². The second kappa shape index (κ2) is 4.88. The number of carbonyl (C=O) groups excluding carboxylic acids is 1. The summed E-state index contributed by atoms with van der Waals surface area (Å²) in [5.74, 6) is 0.663. The van der Waals surface area contributed by atoms with Crippen LogP contribution >= 0.6 is 15.9 Å². The van der Waals surface area contributed by atoms with Crippen molar-refractivity contribution in [2.75, 3.05) is 0 Å². The van der Waals surface area contributed by atoms with Crippen LogP contribution in [0.5, 0.6) is 0 Å². The number of pyridine rings is 1. The molecule has 1 unspecified atom stereocenters. The van der Waals surface area contributed by atoms with Crippen LogP contribution in [0, 0.1) is 5.92 Å². The molecule has 1 aromatic heterocycles. The summed E-state index contributed by atoms with van der Waals surface area (Å²) in [7, 11) is 0. The van der Waals surface area contributed by atoms with Gasteiger partial charge in [0.1, 0.15) is 5.78 Å². The molecule has 0 aromatic carbocycles. The molecule has 2 nitrogen and oxygen atoms in total. The van der Waals surface area contributed by atoms with Crippen molar-refractivity contribution >= 4 is 21.7 Å². The van der Waals surface area contributed by atoms with E-state index >= 15 is 0 Å². The van der Waals surface area contributed by atoms with Crippen molar-refractivity contribution in [1.82, 2.24) is 4.98 Å². The van der Waals surface area contributed by atoms with Crippen molar-refractivity contribution in [3.05, 3.63) is 28.5 Å². The number of aromatic nitrogens is 1. The van der Waals surface area contributed by atoms with Gasteiger partial charge in [0.15, 0.2) is 0 Å². The van der Waals surface area contributed by atoms with E-state index in [0.29, 0.717) is 5.78 Å². The number of Topliss-reactive ketones (excluding diaryl/α,β-unsaturated/α-hetero) is 1. The summed E-state index contributed by atoms with van der Waals surface area (Å²) in [5, 5.41) is 0. The minimum atomic E-state index is 0.231. The van der Waals surface area contributed by atoms with Crippen LogP contribution in [0.2, 0.25) is 0 Å². The molecule has 0 N–H and O–H groups in total. The molecule has 80 valence electrons. The maximum atomic E-state index is 11.7. The van der Waals surface area contributed by atoms with Gasteiger partial charge in [0.2, 0.25) is 0 Å². The third-order valence-corrected chi connectivity index (χ3v) is 3.36.